The maximum absolute atomic E-state index is 14.2. The monoisotopic (exact) mass is 802 g/mol. The molecule has 2 heterocycles. The summed E-state index contributed by atoms with van der Waals surface area (Å²) in [5.41, 5.74) is 3.28. The molecule has 4 aromatic rings. The average Bonchev–Trinajstić information content (AvgIpc) is 3.34. The molecule has 0 saturated heterocycles. The van der Waals surface area contributed by atoms with E-state index in [0.717, 1.165) is 26.7 Å². The second-order valence-corrected chi connectivity index (χ2v) is 13.1. The number of carbonyl (C=O) groups is 1. The zero-order chi connectivity index (χ0) is 32.1. The second kappa shape index (κ2) is 14.8. The van der Waals surface area contributed by atoms with Crippen LogP contribution in [0.3, 0.4) is 0 Å². The normalized spacial score (nSPS) is 14.5. The molecule has 8 nitrogen and oxygen atoms in total. The van der Waals surface area contributed by atoms with E-state index in [1.165, 1.54) is 11.3 Å². The van der Waals surface area contributed by atoms with E-state index in [2.05, 4.69) is 38.5 Å². The summed E-state index contributed by atoms with van der Waals surface area (Å²) in [4.78, 5) is 33.0. The number of thiazole rings is 1. The highest BCUT2D eigenvalue weighted by molar-refractivity contribution is 14.1. The van der Waals surface area contributed by atoms with Crippen LogP contribution in [0, 0.1) is 3.57 Å². The van der Waals surface area contributed by atoms with Gasteiger partial charge in [0.05, 0.1) is 50.7 Å². The first kappa shape index (κ1) is 33.0. The molecular formula is C34H32BrIN2O6S. The predicted octanol–water partition coefficient (Wildman–Crippen LogP) is 6.54. The lowest BCUT2D eigenvalue weighted by Crippen LogP contribution is -2.40. The number of fused-ring (bicyclic) bond motifs is 1. The van der Waals surface area contributed by atoms with E-state index in [-0.39, 0.29) is 12.2 Å². The Bertz CT molecular complexity index is 1940. The Kier molecular flexibility index (Phi) is 10.8. The smallest absolute Gasteiger partial charge is 0.338 e. The number of aromatic nitrogens is 1. The van der Waals surface area contributed by atoms with Crippen molar-refractivity contribution in [2.24, 2.45) is 4.99 Å². The highest BCUT2D eigenvalue weighted by Gasteiger charge is 2.34. The van der Waals surface area contributed by atoms with Crippen molar-refractivity contribution in [2.45, 2.75) is 39.3 Å². The first-order chi connectivity index (χ1) is 21.8. The lowest BCUT2D eigenvalue weighted by Gasteiger charge is -2.26. The van der Waals surface area contributed by atoms with Gasteiger partial charge in [-0.25, -0.2) is 9.79 Å². The highest BCUT2D eigenvalue weighted by Crippen LogP contribution is 2.37. The average molecular weight is 804 g/mol. The van der Waals surface area contributed by atoms with E-state index in [1.807, 2.05) is 73.7 Å². The molecule has 0 radical (unpaired) electrons. The number of hydrogen-bond donors (Lipinski definition) is 0. The molecule has 1 aliphatic heterocycles. The molecule has 5 rings (SSSR count). The minimum absolute atomic E-state index is 0.205. The lowest BCUT2D eigenvalue weighted by atomic mass is 9.94. The molecule has 1 aliphatic rings. The maximum atomic E-state index is 14.2. The number of carbonyl (C=O) groups excluding carboxylic acids is 1. The van der Waals surface area contributed by atoms with Gasteiger partial charge in [-0.2, -0.15) is 0 Å². The quantitative estimate of drug-likeness (QED) is 0.127. The minimum atomic E-state index is -0.727. The van der Waals surface area contributed by atoms with Crippen LogP contribution in [0.15, 0.2) is 86.2 Å². The van der Waals surface area contributed by atoms with Crippen LogP contribution in [0.2, 0.25) is 0 Å². The highest BCUT2D eigenvalue weighted by atomic mass is 127. The Balaban J connectivity index is 1.64. The first-order valence-electron chi connectivity index (χ1n) is 14.4. The largest absolute Gasteiger partial charge is 0.496 e. The Morgan fingerprint density at radius 1 is 1.07 bits per heavy atom. The van der Waals surface area contributed by atoms with Crippen LogP contribution in [-0.4, -0.2) is 31.4 Å². The molecule has 0 amide bonds. The standard InChI is InChI=1S/C34H32BrIN2O6S/c1-5-10-25-29(33(40)43-6-2)30(22-13-14-26(41-3)23(35)18-22)38-32(39)28(45-34(38)37-25)17-21-15-24(36)31(27(16-21)42-4)44-19-20-11-8-7-9-12-20/h7-9,11-18,30H,5-6,10,19H2,1-4H3/b28-17-. The van der Waals surface area contributed by atoms with Crippen molar-refractivity contribution in [2.75, 3.05) is 20.8 Å². The summed E-state index contributed by atoms with van der Waals surface area (Å²) in [6.45, 7) is 4.40. The molecule has 0 bridgehead atoms. The number of rotatable bonds is 11. The summed E-state index contributed by atoms with van der Waals surface area (Å²) < 4.78 is 26.4. The van der Waals surface area contributed by atoms with Gasteiger partial charge in [-0.05, 0) is 98.9 Å². The van der Waals surface area contributed by atoms with Crippen LogP contribution in [0.1, 0.15) is 49.4 Å². The summed E-state index contributed by atoms with van der Waals surface area (Å²) in [6, 6.07) is 18.5. The third-order valence-electron chi connectivity index (χ3n) is 7.16. The van der Waals surface area contributed by atoms with Crippen molar-refractivity contribution in [1.82, 2.24) is 4.57 Å². The Labute approximate surface area is 287 Å². The molecule has 1 unspecified atom stereocenters. The first-order valence-corrected chi connectivity index (χ1v) is 17.1. The molecule has 1 aromatic heterocycles. The van der Waals surface area contributed by atoms with Gasteiger partial charge in [0.25, 0.3) is 5.56 Å². The lowest BCUT2D eigenvalue weighted by molar-refractivity contribution is -0.139. The number of nitrogens with zero attached hydrogens (tertiary/aromatic N) is 2. The van der Waals surface area contributed by atoms with Crippen molar-refractivity contribution < 1.29 is 23.7 Å². The van der Waals surface area contributed by atoms with Crippen LogP contribution in [0.25, 0.3) is 6.08 Å². The Hall–Kier alpha value is -3.42. The van der Waals surface area contributed by atoms with Crippen LogP contribution >= 0.6 is 49.9 Å². The number of ether oxygens (including phenoxy) is 4. The van der Waals surface area contributed by atoms with Gasteiger partial charge < -0.3 is 18.9 Å². The van der Waals surface area contributed by atoms with Gasteiger partial charge in [0.15, 0.2) is 16.3 Å². The van der Waals surface area contributed by atoms with E-state index < -0.39 is 12.0 Å². The molecule has 234 valence electrons. The van der Waals surface area contributed by atoms with Gasteiger partial charge in [-0.1, -0.05) is 61.1 Å². The van der Waals surface area contributed by atoms with Gasteiger partial charge >= 0.3 is 5.97 Å². The van der Waals surface area contributed by atoms with E-state index >= 15 is 0 Å². The summed E-state index contributed by atoms with van der Waals surface area (Å²) >= 11 is 7.08. The van der Waals surface area contributed by atoms with E-state index in [9.17, 15) is 9.59 Å². The SMILES string of the molecule is CCCC1=C(C(=O)OCC)C(c2ccc(OC)c(Br)c2)n2c(s/c(=C\c3cc(I)c(OCc4ccccc4)c(OC)c3)c2=O)=N1. The second-order valence-electron chi connectivity index (χ2n) is 10.1. The third-order valence-corrected chi connectivity index (χ3v) is 9.56. The van der Waals surface area contributed by atoms with Gasteiger partial charge in [-0.3, -0.25) is 9.36 Å². The molecular weight excluding hydrogens is 771 g/mol. The Morgan fingerprint density at radius 2 is 1.82 bits per heavy atom. The summed E-state index contributed by atoms with van der Waals surface area (Å²) in [7, 11) is 3.18. The number of esters is 1. The summed E-state index contributed by atoms with van der Waals surface area (Å²) in [6.07, 6.45) is 3.16. The third kappa shape index (κ3) is 7.05. The van der Waals surface area contributed by atoms with E-state index in [0.29, 0.717) is 55.4 Å². The van der Waals surface area contributed by atoms with Crippen LogP contribution in [0.4, 0.5) is 0 Å². The fourth-order valence-electron chi connectivity index (χ4n) is 5.13. The predicted molar refractivity (Wildman–Crippen MR) is 187 cm³/mol. The van der Waals surface area contributed by atoms with Gasteiger partial charge in [0.2, 0.25) is 0 Å². The molecule has 11 heteroatoms. The van der Waals surface area contributed by atoms with Crippen molar-refractivity contribution in [3.63, 3.8) is 0 Å². The van der Waals surface area contributed by atoms with Gasteiger partial charge in [0, 0.05) is 0 Å². The van der Waals surface area contributed by atoms with Gasteiger partial charge in [-0.15, -0.1) is 0 Å². The van der Waals surface area contributed by atoms with Crippen molar-refractivity contribution in [3.05, 3.63) is 116 Å². The van der Waals surface area contributed by atoms with Gasteiger partial charge in [0.1, 0.15) is 12.4 Å². The molecule has 0 spiro atoms. The number of allylic oxidation sites excluding steroid dienone is 1. The van der Waals surface area contributed by atoms with Crippen LogP contribution in [-0.2, 0) is 16.1 Å². The van der Waals surface area contributed by atoms with E-state index in [4.69, 9.17) is 23.9 Å². The van der Waals surface area contributed by atoms with Crippen molar-refractivity contribution in [3.8, 4) is 17.2 Å². The van der Waals surface area contributed by atoms with E-state index in [1.54, 1.807) is 25.7 Å². The minimum Gasteiger partial charge on any atom is -0.496 e. The summed E-state index contributed by atoms with van der Waals surface area (Å²) in [5.74, 6) is 1.35. The van der Waals surface area contributed by atoms with Crippen LogP contribution in [0.5, 0.6) is 17.2 Å². The van der Waals surface area contributed by atoms with Crippen LogP contribution < -0.4 is 29.1 Å². The zero-order valence-electron chi connectivity index (χ0n) is 25.3. The fourth-order valence-corrected chi connectivity index (χ4v) is 7.49. The molecule has 0 fully saturated rings. The fraction of sp³-hybridized carbons (Fsp3) is 0.265. The zero-order valence-corrected chi connectivity index (χ0v) is 29.8. The molecule has 3 aromatic carbocycles. The molecule has 0 saturated carbocycles. The number of hydrogen-bond acceptors (Lipinski definition) is 8. The summed E-state index contributed by atoms with van der Waals surface area (Å²) in [5, 5.41) is 0. The van der Waals surface area contributed by atoms with Crippen molar-refractivity contribution >= 4 is 61.9 Å². The number of methoxy groups -OCH3 is 2. The number of halogens is 2. The molecule has 1 atom stereocenters. The molecule has 0 N–H and O–H groups in total. The maximum Gasteiger partial charge on any atom is 0.338 e. The Morgan fingerprint density at radius 3 is 2.49 bits per heavy atom. The van der Waals surface area contributed by atoms with Crippen molar-refractivity contribution in [1.29, 1.82) is 0 Å². The topological polar surface area (TPSA) is 88.4 Å². The molecule has 0 aliphatic carbocycles. The molecule has 45 heavy (non-hydrogen) atoms. The number of benzene rings is 3.